The van der Waals surface area contributed by atoms with Crippen LogP contribution in [0.1, 0.15) is 46.5 Å². The first-order chi connectivity index (χ1) is 7.02. The maximum absolute atomic E-state index is 9.21. The van der Waals surface area contributed by atoms with E-state index in [1.165, 1.54) is 30.4 Å². The van der Waals surface area contributed by atoms with Crippen molar-refractivity contribution in [2.75, 3.05) is 0 Å². The molecule has 0 aromatic carbocycles. The van der Waals surface area contributed by atoms with Gasteiger partial charge in [-0.25, -0.2) is 0 Å². The van der Waals surface area contributed by atoms with Gasteiger partial charge in [0.15, 0.2) is 0 Å². The van der Waals surface area contributed by atoms with Gasteiger partial charge >= 0.3 is 0 Å². The van der Waals surface area contributed by atoms with Crippen molar-refractivity contribution in [1.29, 1.82) is 5.26 Å². The van der Waals surface area contributed by atoms with Crippen molar-refractivity contribution in [3.8, 4) is 6.07 Å². The molecule has 1 nitrogen and oxygen atoms in total. The van der Waals surface area contributed by atoms with E-state index >= 15 is 0 Å². The average molecular weight is 201 g/mol. The van der Waals surface area contributed by atoms with Crippen LogP contribution in [0.5, 0.6) is 0 Å². The molecule has 0 radical (unpaired) electrons. The van der Waals surface area contributed by atoms with Crippen molar-refractivity contribution in [2.45, 2.75) is 46.5 Å². The molecule has 80 valence electrons. The highest BCUT2D eigenvalue weighted by molar-refractivity contribution is 5.42. The van der Waals surface area contributed by atoms with Crippen molar-refractivity contribution in [2.24, 2.45) is 11.3 Å². The molecule has 0 aromatic rings. The van der Waals surface area contributed by atoms with E-state index in [9.17, 15) is 5.26 Å². The van der Waals surface area contributed by atoms with E-state index in [4.69, 9.17) is 0 Å². The normalized spacial score (nSPS) is 28.0. The molecule has 0 saturated heterocycles. The summed E-state index contributed by atoms with van der Waals surface area (Å²) >= 11 is 0. The van der Waals surface area contributed by atoms with Crippen LogP contribution in [0.3, 0.4) is 0 Å². The molecule has 2 aliphatic carbocycles. The van der Waals surface area contributed by atoms with Crippen LogP contribution in [0.15, 0.2) is 22.8 Å². The number of hydrogen-bond donors (Lipinski definition) is 0. The Labute approximate surface area is 92.5 Å². The predicted octanol–water partition coefficient (Wildman–Crippen LogP) is 3.98. The summed E-state index contributed by atoms with van der Waals surface area (Å²) in [5.41, 5.74) is 4.15. The number of allylic oxidation sites excluding steroid dienone is 4. The second-order valence-electron chi connectivity index (χ2n) is 5.83. The largest absolute Gasteiger partial charge is 0.193 e. The van der Waals surface area contributed by atoms with E-state index < -0.39 is 0 Å². The quantitative estimate of drug-likeness (QED) is 0.589. The molecule has 2 aliphatic rings. The Morgan fingerprint density at radius 3 is 2.53 bits per heavy atom. The summed E-state index contributed by atoms with van der Waals surface area (Å²) in [6.45, 7) is 6.78. The van der Waals surface area contributed by atoms with Gasteiger partial charge in [0.2, 0.25) is 0 Å². The highest BCUT2D eigenvalue weighted by atomic mass is 14.4. The van der Waals surface area contributed by atoms with Crippen LogP contribution in [0.2, 0.25) is 0 Å². The lowest BCUT2D eigenvalue weighted by Gasteiger charge is -2.30. The van der Waals surface area contributed by atoms with E-state index in [-0.39, 0.29) is 0 Å². The summed E-state index contributed by atoms with van der Waals surface area (Å²) in [7, 11) is 0. The van der Waals surface area contributed by atoms with Crippen molar-refractivity contribution >= 4 is 0 Å². The van der Waals surface area contributed by atoms with Crippen molar-refractivity contribution in [3.05, 3.63) is 22.8 Å². The number of rotatable bonds is 1. The summed E-state index contributed by atoms with van der Waals surface area (Å²) in [5, 5.41) is 9.21. The molecular formula is C14H19N. The Morgan fingerprint density at radius 1 is 1.40 bits per heavy atom. The lowest BCUT2D eigenvalue weighted by molar-refractivity contribution is 0.350. The first kappa shape index (κ1) is 10.5. The van der Waals surface area contributed by atoms with Crippen molar-refractivity contribution in [1.82, 2.24) is 0 Å². The molecule has 0 aromatic heterocycles. The van der Waals surface area contributed by atoms with Gasteiger partial charge in [-0.3, -0.25) is 0 Å². The molecule has 0 spiro atoms. The second-order valence-corrected chi connectivity index (χ2v) is 5.83. The average Bonchev–Trinajstić information content (AvgIpc) is 2.85. The van der Waals surface area contributed by atoms with E-state index in [0.717, 1.165) is 12.0 Å². The number of nitrogens with zero attached hydrogens (tertiary/aromatic N) is 1. The van der Waals surface area contributed by atoms with Crippen LogP contribution in [-0.2, 0) is 0 Å². The fraction of sp³-hybridized carbons (Fsp3) is 0.643. The fourth-order valence-corrected chi connectivity index (χ4v) is 2.70. The first-order valence-corrected chi connectivity index (χ1v) is 5.82. The van der Waals surface area contributed by atoms with Crippen LogP contribution in [0, 0.1) is 22.7 Å². The SMILES string of the molecule is CC1=C/C(=C(\C#N)C2CC2)CC(C)(C)C1. The molecule has 0 aliphatic heterocycles. The highest BCUT2D eigenvalue weighted by Gasteiger charge is 2.32. The molecule has 1 saturated carbocycles. The smallest absolute Gasteiger partial charge is 0.0952 e. The molecule has 0 amide bonds. The van der Waals surface area contributed by atoms with Crippen LogP contribution in [-0.4, -0.2) is 0 Å². The molecule has 15 heavy (non-hydrogen) atoms. The Hall–Kier alpha value is -1.03. The Morgan fingerprint density at radius 2 is 2.07 bits per heavy atom. The highest BCUT2D eigenvalue weighted by Crippen LogP contribution is 2.44. The third kappa shape index (κ3) is 2.31. The lowest BCUT2D eigenvalue weighted by atomic mass is 9.74. The molecule has 0 heterocycles. The Kier molecular flexibility index (Phi) is 2.46. The minimum atomic E-state index is 0.338. The van der Waals surface area contributed by atoms with Crippen molar-refractivity contribution < 1.29 is 0 Å². The third-order valence-corrected chi connectivity index (χ3v) is 3.30. The predicted molar refractivity (Wildman–Crippen MR) is 62.1 cm³/mol. The monoisotopic (exact) mass is 201 g/mol. The molecule has 0 N–H and O–H groups in total. The maximum atomic E-state index is 9.21. The van der Waals surface area contributed by atoms with E-state index in [0.29, 0.717) is 11.3 Å². The van der Waals surface area contributed by atoms with Gasteiger partial charge < -0.3 is 0 Å². The van der Waals surface area contributed by atoms with Gasteiger partial charge in [0, 0.05) is 5.57 Å². The van der Waals surface area contributed by atoms with E-state index in [2.05, 4.69) is 32.9 Å². The van der Waals surface area contributed by atoms with Crippen LogP contribution < -0.4 is 0 Å². The molecule has 0 bridgehead atoms. The summed E-state index contributed by atoms with van der Waals surface area (Å²) in [5.74, 6) is 0.586. The molecular weight excluding hydrogens is 182 g/mol. The topological polar surface area (TPSA) is 23.8 Å². The zero-order chi connectivity index (χ0) is 11.1. The lowest BCUT2D eigenvalue weighted by Crippen LogP contribution is -2.17. The van der Waals surface area contributed by atoms with Crippen LogP contribution >= 0.6 is 0 Å². The van der Waals surface area contributed by atoms with Crippen LogP contribution in [0.25, 0.3) is 0 Å². The summed E-state index contributed by atoms with van der Waals surface area (Å²) in [4.78, 5) is 0. The Balaban J connectivity index is 2.36. The van der Waals surface area contributed by atoms with E-state index in [1.54, 1.807) is 0 Å². The van der Waals surface area contributed by atoms with Gasteiger partial charge in [0.25, 0.3) is 0 Å². The second kappa shape index (κ2) is 3.52. The van der Waals surface area contributed by atoms with Crippen LogP contribution in [0.4, 0.5) is 0 Å². The molecule has 0 unspecified atom stereocenters. The van der Waals surface area contributed by atoms with Gasteiger partial charge in [-0.1, -0.05) is 25.5 Å². The molecule has 0 atom stereocenters. The minimum absolute atomic E-state index is 0.338. The molecule has 1 fully saturated rings. The first-order valence-electron chi connectivity index (χ1n) is 5.82. The number of nitriles is 1. The van der Waals surface area contributed by atoms with Gasteiger partial charge in [0.1, 0.15) is 0 Å². The Bertz CT molecular complexity index is 373. The van der Waals surface area contributed by atoms with Crippen molar-refractivity contribution in [3.63, 3.8) is 0 Å². The van der Waals surface area contributed by atoms with Gasteiger partial charge in [-0.05, 0) is 49.5 Å². The maximum Gasteiger partial charge on any atom is 0.0952 e. The zero-order valence-corrected chi connectivity index (χ0v) is 9.93. The third-order valence-electron chi connectivity index (χ3n) is 3.30. The van der Waals surface area contributed by atoms with Gasteiger partial charge in [-0.15, -0.1) is 0 Å². The van der Waals surface area contributed by atoms with Gasteiger partial charge in [0.05, 0.1) is 6.07 Å². The summed E-state index contributed by atoms with van der Waals surface area (Å²) in [6, 6.07) is 2.43. The standard InChI is InChI=1S/C14H19N/c1-10-6-12(8-14(2,3)7-10)13(9-15)11-4-5-11/h6,11H,4-5,7-8H2,1-3H3/b13-12-. The summed E-state index contributed by atoms with van der Waals surface area (Å²) in [6.07, 6.45) is 6.94. The molecule has 1 heteroatoms. The van der Waals surface area contributed by atoms with E-state index in [1.807, 2.05) is 0 Å². The molecule has 2 rings (SSSR count). The minimum Gasteiger partial charge on any atom is -0.193 e. The zero-order valence-electron chi connectivity index (χ0n) is 9.93. The van der Waals surface area contributed by atoms with Gasteiger partial charge in [-0.2, -0.15) is 5.26 Å². The summed E-state index contributed by atoms with van der Waals surface area (Å²) < 4.78 is 0. The fourth-order valence-electron chi connectivity index (χ4n) is 2.70. The number of hydrogen-bond acceptors (Lipinski definition) is 1.